The van der Waals surface area contributed by atoms with E-state index in [2.05, 4.69) is 4.98 Å². The zero-order valence-electron chi connectivity index (χ0n) is 13.8. The Morgan fingerprint density at radius 2 is 1.96 bits per heavy atom. The first kappa shape index (κ1) is 16.4. The lowest BCUT2D eigenvalue weighted by Gasteiger charge is -2.34. The number of halogens is 3. The van der Waals surface area contributed by atoms with E-state index >= 15 is 0 Å². The van der Waals surface area contributed by atoms with E-state index in [0.29, 0.717) is 18.5 Å². The number of amides is 1. The maximum Gasteiger partial charge on any atom is 0.393 e. The summed E-state index contributed by atoms with van der Waals surface area (Å²) in [5.74, 6) is -1.70. The first-order chi connectivity index (χ1) is 11.9. The average Bonchev–Trinajstić information content (AvgIpc) is 3.06. The zero-order valence-corrected chi connectivity index (χ0v) is 13.8. The monoisotopic (exact) mass is 348 g/mol. The van der Waals surface area contributed by atoms with Crippen LogP contribution in [-0.4, -0.2) is 35.1 Å². The topological polar surface area (TPSA) is 33.2 Å². The van der Waals surface area contributed by atoms with E-state index in [4.69, 9.17) is 0 Å². The number of carbonyl (C=O) groups excluding carboxylic acids is 1. The number of fused-ring (bicyclic) bond motifs is 2. The molecule has 1 atom stereocenters. The van der Waals surface area contributed by atoms with Crippen LogP contribution in [0.3, 0.4) is 0 Å². The Bertz CT molecular complexity index is 831. The molecule has 1 fully saturated rings. The van der Waals surface area contributed by atoms with E-state index in [-0.39, 0.29) is 18.9 Å². The van der Waals surface area contributed by atoms with Crippen LogP contribution >= 0.6 is 0 Å². The Morgan fingerprint density at radius 1 is 1.16 bits per heavy atom. The molecule has 4 rings (SSSR count). The van der Waals surface area contributed by atoms with Crippen LogP contribution in [0.5, 0.6) is 0 Å². The van der Waals surface area contributed by atoms with E-state index in [1.54, 1.807) is 0 Å². The number of piperidine rings is 1. The van der Waals surface area contributed by atoms with Crippen molar-refractivity contribution in [2.45, 2.75) is 38.3 Å². The van der Waals surface area contributed by atoms with Crippen LogP contribution in [-0.2, 0) is 12.8 Å². The summed E-state index contributed by atoms with van der Waals surface area (Å²) in [7, 11) is 0. The lowest BCUT2D eigenvalue weighted by atomic mass is 9.95. The zero-order chi connectivity index (χ0) is 17.6. The fourth-order valence-electron chi connectivity index (χ4n) is 4.04. The maximum atomic E-state index is 13.2. The number of nitrogens with zero attached hydrogens (tertiary/aromatic N) is 2. The molecule has 0 radical (unpaired) electrons. The van der Waals surface area contributed by atoms with Crippen LogP contribution in [0.15, 0.2) is 24.3 Å². The maximum absolute atomic E-state index is 13.2. The van der Waals surface area contributed by atoms with Gasteiger partial charge in [0, 0.05) is 24.2 Å². The van der Waals surface area contributed by atoms with Gasteiger partial charge in [-0.15, -0.1) is 0 Å². The van der Waals surface area contributed by atoms with Gasteiger partial charge in [0.25, 0.3) is 5.91 Å². The summed E-state index contributed by atoms with van der Waals surface area (Å²) in [6, 6.07) is 7.42. The van der Waals surface area contributed by atoms with Crippen LogP contribution in [0.2, 0.25) is 0 Å². The van der Waals surface area contributed by atoms with Crippen molar-refractivity contribution in [1.29, 1.82) is 0 Å². The number of likely N-dealkylation sites (tertiary alicyclic amines) is 1. The Balaban J connectivity index is 1.75. The van der Waals surface area contributed by atoms with Gasteiger partial charge in [0.2, 0.25) is 0 Å². The van der Waals surface area contributed by atoms with Gasteiger partial charge in [0.1, 0.15) is 0 Å². The molecule has 0 bridgehead atoms. The standard InChI is InChI=1S/C19H19F3N2O/c20-19(21,22)12-5-4-10-24(11-12)18(25)17-13-6-1-2-8-15(13)23-16-9-3-7-14(16)17/h1-2,6,8,12H,3-5,7,9-11H2. The summed E-state index contributed by atoms with van der Waals surface area (Å²) >= 11 is 0. The van der Waals surface area contributed by atoms with Crippen LogP contribution in [0.1, 0.15) is 40.9 Å². The fourth-order valence-corrected chi connectivity index (χ4v) is 4.04. The number of benzene rings is 1. The van der Waals surface area contributed by atoms with Gasteiger partial charge in [0.15, 0.2) is 0 Å². The fraction of sp³-hybridized carbons (Fsp3) is 0.474. The predicted molar refractivity (Wildman–Crippen MR) is 88.5 cm³/mol. The third-order valence-electron chi connectivity index (χ3n) is 5.30. The van der Waals surface area contributed by atoms with Gasteiger partial charge in [-0.3, -0.25) is 9.78 Å². The van der Waals surface area contributed by atoms with Crippen molar-refractivity contribution in [1.82, 2.24) is 9.88 Å². The molecule has 2 aliphatic rings. The SMILES string of the molecule is O=C(c1c2c(nc3ccccc13)CCC2)N1CCCC(C(F)(F)F)C1. The number of pyridine rings is 1. The second-order valence-corrected chi connectivity index (χ2v) is 6.91. The minimum absolute atomic E-state index is 0.0997. The van der Waals surface area contributed by atoms with Crippen molar-refractivity contribution in [3.05, 3.63) is 41.1 Å². The van der Waals surface area contributed by atoms with Gasteiger partial charge >= 0.3 is 6.18 Å². The van der Waals surface area contributed by atoms with Crippen LogP contribution < -0.4 is 0 Å². The molecule has 3 nitrogen and oxygen atoms in total. The number of rotatable bonds is 1. The molecule has 0 spiro atoms. The molecule has 132 valence electrons. The molecule has 2 heterocycles. The molecule has 0 N–H and O–H groups in total. The number of hydrogen-bond acceptors (Lipinski definition) is 2. The first-order valence-electron chi connectivity index (χ1n) is 8.71. The normalized spacial score (nSPS) is 20.8. The molecule has 0 saturated carbocycles. The number of aryl methyl sites for hydroxylation is 1. The van der Waals surface area contributed by atoms with Crippen molar-refractivity contribution < 1.29 is 18.0 Å². The molecule has 6 heteroatoms. The molecule has 1 aliphatic carbocycles. The highest BCUT2D eigenvalue weighted by Crippen LogP contribution is 2.35. The molecule has 1 aromatic carbocycles. The number of alkyl halides is 3. The van der Waals surface area contributed by atoms with Gasteiger partial charge in [-0.1, -0.05) is 18.2 Å². The summed E-state index contributed by atoms with van der Waals surface area (Å²) in [6.45, 7) is 0.143. The minimum atomic E-state index is -4.25. The number of aromatic nitrogens is 1. The Morgan fingerprint density at radius 3 is 2.76 bits per heavy atom. The molecule has 1 aliphatic heterocycles. The summed E-state index contributed by atoms with van der Waals surface area (Å²) in [5.41, 5.74) is 3.17. The van der Waals surface area contributed by atoms with E-state index in [1.807, 2.05) is 24.3 Å². The predicted octanol–water partition coefficient (Wildman–Crippen LogP) is 4.14. The Kier molecular flexibility index (Phi) is 3.93. The van der Waals surface area contributed by atoms with Gasteiger partial charge in [0.05, 0.1) is 17.0 Å². The number of para-hydroxylation sites is 1. The molecular weight excluding hydrogens is 329 g/mol. The molecule has 1 saturated heterocycles. The second kappa shape index (κ2) is 6.00. The summed E-state index contributed by atoms with van der Waals surface area (Å²) < 4.78 is 39.3. The van der Waals surface area contributed by atoms with E-state index in [1.165, 1.54) is 4.90 Å². The number of carbonyl (C=O) groups is 1. The van der Waals surface area contributed by atoms with Gasteiger partial charge < -0.3 is 4.90 Å². The first-order valence-corrected chi connectivity index (χ1v) is 8.71. The lowest BCUT2D eigenvalue weighted by molar-refractivity contribution is -0.184. The smallest absolute Gasteiger partial charge is 0.338 e. The quantitative estimate of drug-likeness (QED) is 0.776. The second-order valence-electron chi connectivity index (χ2n) is 6.91. The van der Waals surface area contributed by atoms with Gasteiger partial charge in [-0.05, 0) is 43.7 Å². The summed E-state index contributed by atoms with van der Waals surface area (Å²) in [6.07, 6.45) is -1.23. The van der Waals surface area contributed by atoms with E-state index in [0.717, 1.165) is 41.4 Å². The number of hydrogen-bond donors (Lipinski definition) is 0. The molecule has 1 aromatic heterocycles. The van der Waals surface area contributed by atoms with Crippen molar-refractivity contribution in [3.63, 3.8) is 0 Å². The molecule has 25 heavy (non-hydrogen) atoms. The van der Waals surface area contributed by atoms with Crippen molar-refractivity contribution in [2.24, 2.45) is 5.92 Å². The molecular formula is C19H19F3N2O. The molecule has 1 unspecified atom stereocenters. The van der Waals surface area contributed by atoms with Crippen LogP contribution in [0, 0.1) is 5.92 Å². The highest BCUT2D eigenvalue weighted by Gasteiger charge is 2.43. The third-order valence-corrected chi connectivity index (χ3v) is 5.30. The Hall–Kier alpha value is -2.11. The van der Waals surface area contributed by atoms with Crippen LogP contribution in [0.25, 0.3) is 10.9 Å². The Labute approximate surface area is 143 Å². The summed E-state index contributed by atoms with van der Waals surface area (Å²) in [4.78, 5) is 19.2. The van der Waals surface area contributed by atoms with E-state index in [9.17, 15) is 18.0 Å². The van der Waals surface area contributed by atoms with Crippen molar-refractivity contribution >= 4 is 16.8 Å². The summed E-state index contributed by atoms with van der Waals surface area (Å²) in [5, 5.41) is 0.752. The van der Waals surface area contributed by atoms with Crippen molar-refractivity contribution in [2.75, 3.05) is 13.1 Å². The third kappa shape index (κ3) is 2.87. The van der Waals surface area contributed by atoms with E-state index < -0.39 is 12.1 Å². The molecule has 2 aromatic rings. The van der Waals surface area contributed by atoms with Gasteiger partial charge in [-0.25, -0.2) is 0 Å². The largest absolute Gasteiger partial charge is 0.393 e. The van der Waals surface area contributed by atoms with Crippen LogP contribution in [0.4, 0.5) is 13.2 Å². The lowest BCUT2D eigenvalue weighted by Crippen LogP contribution is -2.44. The highest BCUT2D eigenvalue weighted by molar-refractivity contribution is 6.07. The van der Waals surface area contributed by atoms with Crippen molar-refractivity contribution in [3.8, 4) is 0 Å². The van der Waals surface area contributed by atoms with Gasteiger partial charge in [-0.2, -0.15) is 13.2 Å². The molecule has 1 amide bonds. The minimum Gasteiger partial charge on any atom is -0.338 e. The highest BCUT2D eigenvalue weighted by atomic mass is 19.4. The average molecular weight is 348 g/mol.